The summed E-state index contributed by atoms with van der Waals surface area (Å²) in [7, 11) is 2.13. The smallest absolute Gasteiger partial charge is 0.315 e. The largest absolute Gasteiger partial charge is 0.337 e. The van der Waals surface area contributed by atoms with Gasteiger partial charge in [0.05, 0.1) is 0 Å². The molecular weight excluding hydrogens is 283 g/mol. The molecule has 0 bridgehead atoms. The number of likely N-dealkylation sites (N-methyl/N-ethyl adjacent to an activating group) is 1. The van der Waals surface area contributed by atoms with Crippen LogP contribution in [-0.4, -0.2) is 61.6 Å². The first-order chi connectivity index (χ1) is 10.5. The van der Waals surface area contributed by atoms with E-state index in [2.05, 4.69) is 34.4 Å². The number of amides is 2. The van der Waals surface area contributed by atoms with Gasteiger partial charge in [0.25, 0.3) is 0 Å². The zero-order valence-electron chi connectivity index (χ0n) is 13.3. The molecular formula is C16H25FN4O. The number of piperazine rings is 1. The minimum Gasteiger partial charge on any atom is -0.337 e. The van der Waals surface area contributed by atoms with Gasteiger partial charge in [0.1, 0.15) is 5.82 Å². The summed E-state index contributed by atoms with van der Waals surface area (Å²) in [4.78, 5) is 16.5. The number of nitrogens with one attached hydrogen (secondary N) is 2. The molecule has 1 fully saturated rings. The molecule has 0 aliphatic carbocycles. The van der Waals surface area contributed by atoms with Crippen molar-refractivity contribution in [2.45, 2.75) is 19.5 Å². The minimum atomic E-state index is -0.269. The first kappa shape index (κ1) is 16.7. The van der Waals surface area contributed by atoms with Gasteiger partial charge in [-0.15, -0.1) is 0 Å². The zero-order valence-corrected chi connectivity index (χ0v) is 13.3. The number of carbonyl (C=O) groups is 1. The van der Waals surface area contributed by atoms with E-state index >= 15 is 0 Å². The lowest BCUT2D eigenvalue weighted by molar-refractivity contribution is 0.118. The first-order valence-corrected chi connectivity index (χ1v) is 7.73. The highest BCUT2D eigenvalue weighted by atomic mass is 19.1. The highest BCUT2D eigenvalue weighted by Crippen LogP contribution is 2.04. The molecule has 2 amide bonds. The third-order valence-electron chi connectivity index (χ3n) is 4.09. The lowest BCUT2D eigenvalue weighted by Crippen LogP contribution is -2.52. The minimum absolute atomic E-state index is 0.190. The number of carbonyl (C=O) groups excluding carboxylic acids is 1. The van der Waals surface area contributed by atoms with Crippen molar-refractivity contribution in [3.8, 4) is 0 Å². The van der Waals surface area contributed by atoms with Gasteiger partial charge in [0.2, 0.25) is 0 Å². The molecule has 0 saturated carbocycles. The van der Waals surface area contributed by atoms with Gasteiger partial charge in [0, 0.05) is 45.3 Å². The monoisotopic (exact) mass is 308 g/mol. The number of hydrogen-bond donors (Lipinski definition) is 2. The van der Waals surface area contributed by atoms with Crippen molar-refractivity contribution in [1.82, 2.24) is 20.4 Å². The van der Waals surface area contributed by atoms with Gasteiger partial charge < -0.3 is 15.5 Å². The van der Waals surface area contributed by atoms with Crippen molar-refractivity contribution in [2.24, 2.45) is 0 Å². The van der Waals surface area contributed by atoms with Crippen molar-refractivity contribution >= 4 is 6.03 Å². The number of benzene rings is 1. The highest BCUT2D eigenvalue weighted by molar-refractivity contribution is 5.73. The summed E-state index contributed by atoms with van der Waals surface area (Å²) in [6.07, 6.45) is 0. The Morgan fingerprint density at radius 1 is 1.18 bits per heavy atom. The lowest BCUT2D eigenvalue weighted by Gasteiger charge is -2.36. The van der Waals surface area contributed by atoms with E-state index in [4.69, 9.17) is 0 Å². The van der Waals surface area contributed by atoms with Crippen molar-refractivity contribution in [3.63, 3.8) is 0 Å². The average molecular weight is 308 g/mol. The van der Waals surface area contributed by atoms with Crippen molar-refractivity contribution in [3.05, 3.63) is 35.6 Å². The topological polar surface area (TPSA) is 47.6 Å². The van der Waals surface area contributed by atoms with Crippen LogP contribution in [0.5, 0.6) is 0 Å². The Bertz CT molecular complexity index is 472. The molecule has 5 nitrogen and oxygen atoms in total. The molecule has 1 aromatic rings. The van der Waals surface area contributed by atoms with E-state index < -0.39 is 0 Å². The van der Waals surface area contributed by atoms with Crippen molar-refractivity contribution in [2.75, 3.05) is 39.8 Å². The molecule has 1 aliphatic rings. The quantitative estimate of drug-likeness (QED) is 0.861. The lowest BCUT2D eigenvalue weighted by atomic mass is 10.2. The molecule has 0 spiro atoms. The van der Waals surface area contributed by atoms with E-state index in [1.165, 1.54) is 12.1 Å². The van der Waals surface area contributed by atoms with Crippen molar-refractivity contribution in [1.29, 1.82) is 0 Å². The summed E-state index contributed by atoms with van der Waals surface area (Å²) in [5, 5.41) is 5.68. The second-order valence-electron chi connectivity index (χ2n) is 5.88. The normalized spacial score (nSPS) is 18.0. The predicted molar refractivity (Wildman–Crippen MR) is 85.2 cm³/mol. The maximum atomic E-state index is 12.8. The molecule has 1 atom stereocenters. The summed E-state index contributed by atoms with van der Waals surface area (Å²) < 4.78 is 12.8. The van der Waals surface area contributed by atoms with E-state index in [0.29, 0.717) is 19.1 Å². The Morgan fingerprint density at radius 3 is 2.45 bits per heavy atom. The summed E-state index contributed by atoms with van der Waals surface area (Å²) in [5.41, 5.74) is 0.878. The van der Waals surface area contributed by atoms with Gasteiger partial charge >= 0.3 is 6.03 Å². The Hall–Kier alpha value is -1.66. The van der Waals surface area contributed by atoms with Crippen LogP contribution < -0.4 is 10.6 Å². The van der Waals surface area contributed by atoms with Crippen LogP contribution in [0.15, 0.2) is 24.3 Å². The van der Waals surface area contributed by atoms with Gasteiger partial charge in [0.15, 0.2) is 0 Å². The number of hydrogen-bond acceptors (Lipinski definition) is 3. The van der Waals surface area contributed by atoms with Gasteiger partial charge in [-0.1, -0.05) is 12.1 Å². The fourth-order valence-electron chi connectivity index (χ4n) is 2.48. The van der Waals surface area contributed by atoms with E-state index in [9.17, 15) is 9.18 Å². The van der Waals surface area contributed by atoms with Crippen LogP contribution in [0, 0.1) is 5.82 Å². The van der Waals surface area contributed by atoms with Crippen LogP contribution in [-0.2, 0) is 6.54 Å². The van der Waals surface area contributed by atoms with Crippen LogP contribution in [0.2, 0.25) is 0 Å². The fraction of sp³-hybridized carbons (Fsp3) is 0.562. The molecule has 6 heteroatoms. The molecule has 0 aromatic heterocycles. The average Bonchev–Trinajstić information content (AvgIpc) is 2.52. The van der Waals surface area contributed by atoms with Crippen molar-refractivity contribution < 1.29 is 9.18 Å². The SMILES string of the molecule is C[C@H](CNC(=O)NCc1ccc(F)cc1)N1CCN(C)CC1. The van der Waals surface area contributed by atoms with Gasteiger partial charge in [-0.05, 0) is 31.7 Å². The molecule has 1 aromatic carbocycles. The number of rotatable bonds is 5. The van der Waals surface area contributed by atoms with Crippen LogP contribution in [0.25, 0.3) is 0 Å². The molecule has 0 radical (unpaired) electrons. The van der Waals surface area contributed by atoms with Crippen LogP contribution >= 0.6 is 0 Å². The molecule has 2 N–H and O–H groups in total. The fourth-order valence-corrected chi connectivity index (χ4v) is 2.48. The molecule has 122 valence electrons. The summed E-state index contributed by atoms with van der Waals surface area (Å²) in [6, 6.07) is 6.26. The Morgan fingerprint density at radius 2 is 1.82 bits per heavy atom. The summed E-state index contributed by atoms with van der Waals surface area (Å²) in [6.45, 7) is 7.37. The van der Waals surface area contributed by atoms with Gasteiger partial charge in [-0.2, -0.15) is 0 Å². The van der Waals surface area contributed by atoms with E-state index in [-0.39, 0.29) is 11.8 Å². The van der Waals surface area contributed by atoms with Crippen LogP contribution in [0.3, 0.4) is 0 Å². The highest BCUT2D eigenvalue weighted by Gasteiger charge is 2.19. The molecule has 1 aliphatic heterocycles. The van der Waals surface area contributed by atoms with E-state index in [0.717, 1.165) is 31.7 Å². The number of halogens is 1. The maximum absolute atomic E-state index is 12.8. The van der Waals surface area contributed by atoms with Crippen LogP contribution in [0.1, 0.15) is 12.5 Å². The van der Waals surface area contributed by atoms with E-state index in [1.54, 1.807) is 12.1 Å². The number of urea groups is 1. The Labute approximate surface area is 131 Å². The molecule has 2 rings (SSSR count). The third kappa shape index (κ3) is 5.27. The second kappa shape index (κ2) is 8.10. The maximum Gasteiger partial charge on any atom is 0.315 e. The third-order valence-corrected chi connectivity index (χ3v) is 4.09. The van der Waals surface area contributed by atoms with Gasteiger partial charge in [-0.3, -0.25) is 4.90 Å². The molecule has 1 saturated heterocycles. The summed E-state index contributed by atoms with van der Waals surface area (Å²) >= 11 is 0. The van der Waals surface area contributed by atoms with Crippen LogP contribution in [0.4, 0.5) is 9.18 Å². The molecule has 0 unspecified atom stereocenters. The second-order valence-corrected chi connectivity index (χ2v) is 5.88. The van der Waals surface area contributed by atoms with Gasteiger partial charge in [-0.25, -0.2) is 9.18 Å². The first-order valence-electron chi connectivity index (χ1n) is 7.73. The number of nitrogens with zero attached hydrogens (tertiary/aromatic N) is 2. The molecule has 22 heavy (non-hydrogen) atoms. The molecule has 1 heterocycles. The predicted octanol–water partition coefficient (Wildman–Crippen LogP) is 1.26. The zero-order chi connectivity index (χ0) is 15.9. The Kier molecular flexibility index (Phi) is 6.15. The Balaban J connectivity index is 1.65. The summed E-state index contributed by atoms with van der Waals surface area (Å²) in [5.74, 6) is -0.269. The standard InChI is InChI=1S/C16H25FN4O/c1-13(21-9-7-20(2)8-10-21)11-18-16(22)19-12-14-3-5-15(17)6-4-14/h3-6,13H,7-12H2,1-2H3,(H2,18,19,22)/t13-/m1/s1. The van der Waals surface area contributed by atoms with E-state index in [1.807, 2.05) is 0 Å².